The van der Waals surface area contributed by atoms with Gasteiger partial charge in [-0.05, 0) is 51.3 Å². The summed E-state index contributed by atoms with van der Waals surface area (Å²) in [6.45, 7) is 4.16. The fourth-order valence-corrected chi connectivity index (χ4v) is 3.43. The topological polar surface area (TPSA) is 65.5 Å². The summed E-state index contributed by atoms with van der Waals surface area (Å²) >= 11 is 0. The minimum absolute atomic E-state index is 0.279. The van der Waals surface area contributed by atoms with Gasteiger partial charge in [-0.3, -0.25) is 0 Å². The van der Waals surface area contributed by atoms with Crippen molar-refractivity contribution in [2.75, 3.05) is 18.4 Å². The first-order valence-corrected chi connectivity index (χ1v) is 7.35. The first-order valence-electron chi connectivity index (χ1n) is 7.35. The van der Waals surface area contributed by atoms with Gasteiger partial charge in [-0.25, -0.2) is 9.78 Å². The second-order valence-corrected chi connectivity index (χ2v) is 5.83. The molecule has 5 nitrogen and oxygen atoms in total. The molecule has 0 aromatic carbocycles. The van der Waals surface area contributed by atoms with E-state index >= 15 is 0 Å². The first kappa shape index (κ1) is 13.4. The fraction of sp³-hybridized carbons (Fsp3) is 0.600. The molecule has 108 valence electrons. The first-order chi connectivity index (χ1) is 9.63. The number of piperidine rings is 1. The normalized spacial score (nSPS) is 26.2. The summed E-state index contributed by atoms with van der Waals surface area (Å²) in [6, 6.07) is 4.59. The van der Waals surface area contributed by atoms with Crippen LogP contribution in [-0.2, 0) is 0 Å². The highest BCUT2D eigenvalue weighted by molar-refractivity contribution is 5.89. The lowest BCUT2D eigenvalue weighted by molar-refractivity contribution is 0.0695. The summed E-state index contributed by atoms with van der Waals surface area (Å²) in [6.07, 6.45) is 4.93. The van der Waals surface area contributed by atoms with E-state index in [2.05, 4.69) is 15.2 Å². The fourth-order valence-electron chi connectivity index (χ4n) is 3.43. The minimum Gasteiger partial charge on any atom is -0.478 e. The van der Waals surface area contributed by atoms with E-state index in [0.717, 1.165) is 24.8 Å². The summed E-state index contributed by atoms with van der Waals surface area (Å²) in [7, 11) is 0. The molecule has 2 atom stereocenters. The number of hydrogen-bond acceptors (Lipinski definition) is 4. The number of fused-ring (bicyclic) bond motifs is 1. The van der Waals surface area contributed by atoms with Crippen molar-refractivity contribution in [2.45, 2.75) is 44.7 Å². The van der Waals surface area contributed by atoms with E-state index in [1.165, 1.54) is 25.8 Å². The van der Waals surface area contributed by atoms with Gasteiger partial charge >= 0.3 is 5.97 Å². The molecule has 2 aliphatic heterocycles. The van der Waals surface area contributed by atoms with Gasteiger partial charge in [0.15, 0.2) is 0 Å². The van der Waals surface area contributed by atoms with E-state index in [1.807, 2.05) is 0 Å². The Kier molecular flexibility index (Phi) is 3.61. The summed E-state index contributed by atoms with van der Waals surface area (Å²) in [5, 5.41) is 12.5. The third-order valence-corrected chi connectivity index (χ3v) is 4.49. The Bertz CT molecular complexity index is 518. The van der Waals surface area contributed by atoms with Gasteiger partial charge in [-0.1, -0.05) is 0 Å². The van der Waals surface area contributed by atoms with Crippen LogP contribution in [0.15, 0.2) is 12.1 Å². The molecule has 0 bridgehead atoms. The van der Waals surface area contributed by atoms with Crippen LogP contribution in [0, 0.1) is 6.92 Å². The Morgan fingerprint density at radius 2 is 2.25 bits per heavy atom. The third kappa shape index (κ3) is 2.63. The lowest BCUT2D eigenvalue weighted by Crippen LogP contribution is -2.42. The maximum absolute atomic E-state index is 11.0. The van der Waals surface area contributed by atoms with Crippen molar-refractivity contribution in [1.29, 1.82) is 0 Å². The maximum atomic E-state index is 11.0. The highest BCUT2D eigenvalue weighted by Gasteiger charge is 2.31. The molecule has 0 amide bonds. The number of anilines is 1. The van der Waals surface area contributed by atoms with Crippen molar-refractivity contribution >= 4 is 11.8 Å². The number of rotatable bonds is 3. The van der Waals surface area contributed by atoms with E-state index in [1.54, 1.807) is 19.1 Å². The van der Waals surface area contributed by atoms with Gasteiger partial charge < -0.3 is 15.3 Å². The number of aromatic carboxylic acids is 1. The smallest absolute Gasteiger partial charge is 0.337 e. The van der Waals surface area contributed by atoms with E-state index in [0.29, 0.717) is 11.7 Å². The van der Waals surface area contributed by atoms with Crippen LogP contribution in [0.25, 0.3) is 0 Å². The van der Waals surface area contributed by atoms with E-state index in [-0.39, 0.29) is 5.56 Å². The van der Waals surface area contributed by atoms with Crippen LogP contribution in [0.5, 0.6) is 0 Å². The second kappa shape index (κ2) is 5.40. The largest absolute Gasteiger partial charge is 0.478 e. The highest BCUT2D eigenvalue weighted by Crippen LogP contribution is 2.28. The zero-order valence-corrected chi connectivity index (χ0v) is 11.8. The Morgan fingerprint density at radius 3 is 3.00 bits per heavy atom. The van der Waals surface area contributed by atoms with Crippen LogP contribution < -0.4 is 5.32 Å². The lowest BCUT2D eigenvalue weighted by Gasteiger charge is -2.35. The van der Waals surface area contributed by atoms with Crippen molar-refractivity contribution in [2.24, 2.45) is 0 Å². The van der Waals surface area contributed by atoms with Crippen molar-refractivity contribution in [3.05, 3.63) is 23.4 Å². The van der Waals surface area contributed by atoms with Crippen molar-refractivity contribution < 1.29 is 9.90 Å². The molecule has 0 radical (unpaired) electrons. The Balaban J connectivity index is 1.66. The maximum Gasteiger partial charge on any atom is 0.337 e. The molecule has 0 spiro atoms. The lowest BCUT2D eigenvalue weighted by atomic mass is 9.97. The minimum atomic E-state index is -0.916. The van der Waals surface area contributed by atoms with Crippen molar-refractivity contribution in [3.63, 3.8) is 0 Å². The molecule has 0 aliphatic carbocycles. The number of pyridine rings is 1. The predicted molar refractivity (Wildman–Crippen MR) is 77.2 cm³/mol. The summed E-state index contributed by atoms with van der Waals surface area (Å²) < 4.78 is 0. The molecule has 1 aromatic rings. The average molecular weight is 275 g/mol. The molecule has 2 aliphatic rings. The molecule has 5 heteroatoms. The summed E-state index contributed by atoms with van der Waals surface area (Å²) in [4.78, 5) is 17.9. The third-order valence-electron chi connectivity index (χ3n) is 4.49. The molecule has 2 unspecified atom stereocenters. The summed E-state index contributed by atoms with van der Waals surface area (Å²) in [5.41, 5.74) is 0.849. The molecule has 2 fully saturated rings. The highest BCUT2D eigenvalue weighted by atomic mass is 16.4. The van der Waals surface area contributed by atoms with Gasteiger partial charge in [0, 0.05) is 18.6 Å². The number of carbonyl (C=O) groups is 1. The van der Waals surface area contributed by atoms with Crippen molar-refractivity contribution in [3.8, 4) is 0 Å². The molecule has 3 rings (SSSR count). The van der Waals surface area contributed by atoms with Crippen LogP contribution in [0.1, 0.15) is 41.7 Å². The molecule has 0 saturated carbocycles. The number of aromatic nitrogens is 1. The molecule has 2 N–H and O–H groups in total. The van der Waals surface area contributed by atoms with Gasteiger partial charge in [0.25, 0.3) is 0 Å². The van der Waals surface area contributed by atoms with Crippen LogP contribution in [0.3, 0.4) is 0 Å². The molecular weight excluding hydrogens is 254 g/mol. The van der Waals surface area contributed by atoms with Crippen LogP contribution in [-0.4, -0.2) is 46.1 Å². The number of aryl methyl sites for hydroxylation is 1. The Morgan fingerprint density at radius 1 is 1.40 bits per heavy atom. The molecule has 3 heterocycles. The number of nitrogens with one attached hydrogen (secondary N) is 1. The number of hydrogen-bond donors (Lipinski definition) is 2. The zero-order chi connectivity index (χ0) is 14.1. The summed E-state index contributed by atoms with van der Waals surface area (Å²) in [5.74, 6) is -0.121. The van der Waals surface area contributed by atoms with Crippen molar-refractivity contribution in [1.82, 2.24) is 9.88 Å². The number of carboxylic acids is 1. The van der Waals surface area contributed by atoms with Crippen LogP contribution >= 0.6 is 0 Å². The SMILES string of the molecule is Cc1nc(NC2CCN3CCCC3C2)ccc1C(=O)O. The van der Waals surface area contributed by atoms with Crippen LogP contribution in [0.2, 0.25) is 0 Å². The van der Waals surface area contributed by atoms with Crippen LogP contribution in [0.4, 0.5) is 5.82 Å². The monoisotopic (exact) mass is 275 g/mol. The quantitative estimate of drug-likeness (QED) is 0.884. The number of carboxylic acid groups (broad SMARTS) is 1. The van der Waals surface area contributed by atoms with Gasteiger partial charge in [0.05, 0.1) is 11.3 Å². The molecule has 1 aromatic heterocycles. The second-order valence-electron chi connectivity index (χ2n) is 5.83. The average Bonchev–Trinajstić information content (AvgIpc) is 2.85. The van der Waals surface area contributed by atoms with Gasteiger partial charge in [0.1, 0.15) is 5.82 Å². The Hall–Kier alpha value is -1.62. The van der Waals surface area contributed by atoms with E-state index in [9.17, 15) is 4.79 Å². The standard InChI is InChI=1S/C15H21N3O2/c1-10-13(15(19)20)4-5-14(16-10)17-11-6-8-18-7-2-3-12(18)9-11/h4-5,11-12H,2-3,6-9H2,1H3,(H,16,17)(H,19,20). The molecule has 2 saturated heterocycles. The predicted octanol–water partition coefficient (Wildman–Crippen LogP) is 2.13. The number of nitrogens with zero attached hydrogens (tertiary/aromatic N) is 2. The van der Waals surface area contributed by atoms with E-state index < -0.39 is 5.97 Å². The molecular formula is C15H21N3O2. The van der Waals surface area contributed by atoms with Gasteiger partial charge in [0.2, 0.25) is 0 Å². The zero-order valence-electron chi connectivity index (χ0n) is 11.8. The molecule has 20 heavy (non-hydrogen) atoms. The van der Waals surface area contributed by atoms with Gasteiger partial charge in [-0.15, -0.1) is 0 Å². The van der Waals surface area contributed by atoms with Gasteiger partial charge in [-0.2, -0.15) is 0 Å². The Labute approximate surface area is 119 Å². The van der Waals surface area contributed by atoms with E-state index in [4.69, 9.17) is 5.11 Å².